The number of hydrogen-bond acceptors (Lipinski definition) is 4. The van der Waals surface area contributed by atoms with Gasteiger partial charge >= 0.3 is 0 Å². The number of aromatic nitrogens is 1. The summed E-state index contributed by atoms with van der Waals surface area (Å²) in [7, 11) is 1.64. The Morgan fingerprint density at radius 2 is 2.11 bits per heavy atom. The first-order valence-electron chi connectivity index (χ1n) is 5.87. The van der Waals surface area contributed by atoms with Gasteiger partial charge in [0.15, 0.2) is 0 Å². The lowest BCUT2D eigenvalue weighted by Crippen LogP contribution is -2.07. The molecule has 1 aromatic carbocycles. The van der Waals surface area contributed by atoms with Gasteiger partial charge in [-0.15, -0.1) is 0 Å². The van der Waals surface area contributed by atoms with Gasteiger partial charge in [-0.2, -0.15) is 5.26 Å². The number of methoxy groups -OCH3 is 1. The second-order valence-corrected chi connectivity index (χ2v) is 5.02. The van der Waals surface area contributed by atoms with Crippen molar-refractivity contribution in [1.29, 1.82) is 5.26 Å². The lowest BCUT2D eigenvalue weighted by molar-refractivity contribution is 0.185. The van der Waals surface area contributed by atoms with E-state index in [-0.39, 0.29) is 0 Å². The van der Waals surface area contributed by atoms with E-state index in [0.29, 0.717) is 24.5 Å². The van der Waals surface area contributed by atoms with Crippen LogP contribution in [-0.4, -0.2) is 18.3 Å². The molecule has 1 aromatic heterocycles. The molecule has 0 atom stereocenters. The van der Waals surface area contributed by atoms with Crippen molar-refractivity contribution in [3.8, 4) is 6.07 Å². The van der Waals surface area contributed by atoms with Gasteiger partial charge in [0.05, 0.1) is 12.3 Å². The Morgan fingerprint density at radius 3 is 2.74 bits per heavy atom. The third kappa shape index (κ3) is 3.11. The first-order chi connectivity index (χ1) is 9.26. The quantitative estimate of drug-likeness (QED) is 0.909. The standard InChI is InChI=1S/C14H15N3OS/c1-18-8-7-17-11(10-15)9-13(16)14(17)19-12-5-3-2-4-6-12/h2-6,9H,7-8,16H2,1H3. The Hall–Kier alpha value is -1.90. The third-order valence-corrected chi connectivity index (χ3v) is 3.82. The molecule has 0 spiro atoms. The minimum absolute atomic E-state index is 0.547. The molecule has 2 N–H and O–H groups in total. The highest BCUT2D eigenvalue weighted by Crippen LogP contribution is 2.34. The Balaban J connectivity index is 2.33. The number of nitrogens with zero attached hydrogens (tertiary/aromatic N) is 2. The largest absolute Gasteiger partial charge is 0.397 e. The van der Waals surface area contributed by atoms with Crippen molar-refractivity contribution in [2.75, 3.05) is 19.5 Å². The SMILES string of the molecule is COCCn1c(C#N)cc(N)c1Sc1ccccc1. The van der Waals surface area contributed by atoms with E-state index in [2.05, 4.69) is 6.07 Å². The van der Waals surface area contributed by atoms with Crippen LogP contribution in [-0.2, 0) is 11.3 Å². The van der Waals surface area contributed by atoms with Gasteiger partial charge in [-0.05, 0) is 18.2 Å². The van der Waals surface area contributed by atoms with E-state index >= 15 is 0 Å². The molecule has 2 rings (SSSR count). The first kappa shape index (κ1) is 13.5. The summed E-state index contributed by atoms with van der Waals surface area (Å²) in [5, 5.41) is 10.0. The van der Waals surface area contributed by atoms with Gasteiger partial charge in [-0.1, -0.05) is 30.0 Å². The lowest BCUT2D eigenvalue weighted by atomic mass is 10.4. The van der Waals surface area contributed by atoms with E-state index in [1.807, 2.05) is 34.9 Å². The predicted molar refractivity (Wildman–Crippen MR) is 76.0 cm³/mol. The summed E-state index contributed by atoms with van der Waals surface area (Å²) in [6, 6.07) is 13.8. The molecule has 0 fully saturated rings. The number of hydrogen-bond donors (Lipinski definition) is 1. The average molecular weight is 273 g/mol. The van der Waals surface area contributed by atoms with E-state index < -0.39 is 0 Å². The number of nitrogens with two attached hydrogens (primary N) is 1. The number of nitriles is 1. The maximum atomic E-state index is 9.15. The van der Waals surface area contributed by atoms with E-state index in [0.717, 1.165) is 9.92 Å². The molecular formula is C14H15N3OS. The summed E-state index contributed by atoms with van der Waals surface area (Å²) in [4.78, 5) is 1.09. The van der Waals surface area contributed by atoms with Gasteiger partial charge in [0, 0.05) is 18.6 Å². The highest BCUT2D eigenvalue weighted by Gasteiger charge is 2.14. The van der Waals surface area contributed by atoms with Crippen molar-refractivity contribution in [2.24, 2.45) is 0 Å². The van der Waals surface area contributed by atoms with Gasteiger partial charge in [-0.25, -0.2) is 0 Å². The number of ether oxygens (including phenoxy) is 1. The molecule has 0 radical (unpaired) electrons. The maximum absolute atomic E-state index is 9.15. The summed E-state index contributed by atoms with van der Waals surface area (Å²) in [5.41, 5.74) is 7.19. The van der Waals surface area contributed by atoms with Crippen LogP contribution in [0.2, 0.25) is 0 Å². The van der Waals surface area contributed by atoms with Crippen LogP contribution >= 0.6 is 11.8 Å². The van der Waals surface area contributed by atoms with E-state index in [1.165, 1.54) is 0 Å². The summed E-state index contributed by atoms with van der Waals surface area (Å²) in [5.74, 6) is 0. The Morgan fingerprint density at radius 1 is 1.37 bits per heavy atom. The van der Waals surface area contributed by atoms with E-state index in [4.69, 9.17) is 15.7 Å². The van der Waals surface area contributed by atoms with Crippen molar-refractivity contribution < 1.29 is 4.74 Å². The smallest absolute Gasteiger partial charge is 0.123 e. The van der Waals surface area contributed by atoms with Crippen molar-refractivity contribution in [3.05, 3.63) is 42.1 Å². The summed E-state index contributed by atoms with van der Waals surface area (Å²) in [6.07, 6.45) is 0. The van der Waals surface area contributed by atoms with Crippen LogP contribution in [0.5, 0.6) is 0 Å². The fourth-order valence-corrected chi connectivity index (χ4v) is 2.76. The van der Waals surface area contributed by atoms with Crippen molar-refractivity contribution in [2.45, 2.75) is 16.5 Å². The molecule has 98 valence electrons. The van der Waals surface area contributed by atoms with Crippen molar-refractivity contribution >= 4 is 17.4 Å². The predicted octanol–water partition coefficient (Wildman–Crippen LogP) is 2.74. The molecule has 0 saturated heterocycles. The summed E-state index contributed by atoms with van der Waals surface area (Å²) < 4.78 is 6.98. The zero-order valence-corrected chi connectivity index (χ0v) is 11.5. The van der Waals surface area contributed by atoms with Crippen LogP contribution in [0.1, 0.15) is 5.69 Å². The van der Waals surface area contributed by atoms with Gasteiger partial charge in [0.25, 0.3) is 0 Å². The Kier molecular flexibility index (Phi) is 4.50. The highest BCUT2D eigenvalue weighted by atomic mass is 32.2. The molecule has 0 saturated carbocycles. The van der Waals surface area contributed by atoms with Gasteiger partial charge in [-0.3, -0.25) is 0 Å². The van der Waals surface area contributed by atoms with Crippen LogP contribution in [0, 0.1) is 11.3 Å². The monoisotopic (exact) mass is 273 g/mol. The fraction of sp³-hybridized carbons (Fsp3) is 0.214. The van der Waals surface area contributed by atoms with Crippen LogP contribution in [0.3, 0.4) is 0 Å². The fourth-order valence-electron chi connectivity index (χ4n) is 1.76. The minimum Gasteiger partial charge on any atom is -0.397 e. The topological polar surface area (TPSA) is 64.0 Å². The molecule has 0 aliphatic carbocycles. The molecule has 0 unspecified atom stereocenters. The van der Waals surface area contributed by atoms with Crippen molar-refractivity contribution in [1.82, 2.24) is 4.57 Å². The van der Waals surface area contributed by atoms with Crippen LogP contribution < -0.4 is 5.73 Å². The number of anilines is 1. The second kappa shape index (κ2) is 6.32. The number of benzene rings is 1. The second-order valence-electron chi connectivity index (χ2n) is 3.96. The molecule has 5 heteroatoms. The van der Waals surface area contributed by atoms with Crippen LogP contribution in [0.25, 0.3) is 0 Å². The van der Waals surface area contributed by atoms with Crippen LogP contribution in [0.15, 0.2) is 46.3 Å². The molecule has 0 aliphatic heterocycles. The number of nitrogen functional groups attached to an aromatic ring is 1. The van der Waals surface area contributed by atoms with Gasteiger partial charge in [0.1, 0.15) is 16.8 Å². The van der Waals surface area contributed by atoms with Gasteiger partial charge in [0.2, 0.25) is 0 Å². The molecule has 1 heterocycles. The minimum atomic E-state index is 0.547. The average Bonchev–Trinajstić information content (AvgIpc) is 2.74. The summed E-state index contributed by atoms with van der Waals surface area (Å²) >= 11 is 1.56. The van der Waals surface area contributed by atoms with Gasteiger partial charge < -0.3 is 15.0 Å². The van der Waals surface area contributed by atoms with Crippen LogP contribution in [0.4, 0.5) is 5.69 Å². The van der Waals surface area contributed by atoms with E-state index in [9.17, 15) is 0 Å². The maximum Gasteiger partial charge on any atom is 0.123 e. The van der Waals surface area contributed by atoms with Crippen molar-refractivity contribution in [3.63, 3.8) is 0 Å². The third-order valence-electron chi connectivity index (χ3n) is 2.67. The molecule has 19 heavy (non-hydrogen) atoms. The molecule has 0 bridgehead atoms. The normalized spacial score (nSPS) is 10.3. The molecular weight excluding hydrogens is 258 g/mol. The number of rotatable bonds is 5. The summed E-state index contributed by atoms with van der Waals surface area (Å²) in [6.45, 7) is 1.16. The highest BCUT2D eigenvalue weighted by molar-refractivity contribution is 7.99. The lowest BCUT2D eigenvalue weighted by Gasteiger charge is -2.10. The molecule has 0 aliphatic rings. The molecule has 4 nitrogen and oxygen atoms in total. The Labute approximate surface area is 116 Å². The molecule has 2 aromatic rings. The Bertz CT molecular complexity index is 587. The van der Waals surface area contributed by atoms with E-state index in [1.54, 1.807) is 24.9 Å². The first-order valence-corrected chi connectivity index (χ1v) is 6.69. The zero-order valence-electron chi connectivity index (χ0n) is 10.7. The zero-order chi connectivity index (χ0) is 13.7. The molecule has 0 amide bonds.